The average molecular weight is 564 g/mol. The van der Waals surface area contributed by atoms with Gasteiger partial charge in [0.15, 0.2) is 0 Å². The summed E-state index contributed by atoms with van der Waals surface area (Å²) in [6.07, 6.45) is 1.45. The SMILES string of the molecule is CC1=C(C(=O)Nc2ccc(S(N)(=O)=O)cc2)[C@@H](c2ccco2)C(C#N)=C(SCC(=O)Nc2cccc(C)c2)N1. The summed E-state index contributed by atoms with van der Waals surface area (Å²) in [7, 11) is -3.88. The van der Waals surface area contributed by atoms with Crippen molar-refractivity contribution in [1.82, 2.24) is 5.32 Å². The molecule has 1 aromatic heterocycles. The third kappa shape index (κ3) is 6.58. The van der Waals surface area contributed by atoms with Gasteiger partial charge in [-0.15, -0.1) is 0 Å². The summed E-state index contributed by atoms with van der Waals surface area (Å²) in [5.74, 6) is -1.20. The normalized spacial score (nSPS) is 15.4. The third-order valence-electron chi connectivity index (χ3n) is 5.81. The largest absolute Gasteiger partial charge is 0.468 e. The lowest BCUT2D eigenvalue weighted by molar-refractivity contribution is -0.114. The van der Waals surface area contributed by atoms with Crippen molar-refractivity contribution in [3.63, 3.8) is 0 Å². The van der Waals surface area contributed by atoms with Crippen LogP contribution in [0.1, 0.15) is 24.2 Å². The molecule has 5 N–H and O–H groups in total. The maximum atomic E-state index is 13.4. The number of allylic oxidation sites excluding steroid dienone is 2. The minimum absolute atomic E-state index is 0.0253. The van der Waals surface area contributed by atoms with Crippen LogP contribution in [0.25, 0.3) is 0 Å². The molecule has 12 heteroatoms. The van der Waals surface area contributed by atoms with Crippen LogP contribution in [0.3, 0.4) is 0 Å². The molecule has 0 unspecified atom stereocenters. The topological polar surface area (TPSA) is 167 Å². The molecule has 0 saturated carbocycles. The zero-order chi connectivity index (χ0) is 28.2. The number of furan rings is 1. The molecule has 3 aromatic rings. The smallest absolute Gasteiger partial charge is 0.254 e. The molecule has 1 aliphatic heterocycles. The molecule has 2 amide bonds. The molecular weight excluding hydrogens is 538 g/mol. The summed E-state index contributed by atoms with van der Waals surface area (Å²) in [4.78, 5) is 26.0. The van der Waals surface area contributed by atoms with Crippen LogP contribution in [0.2, 0.25) is 0 Å². The van der Waals surface area contributed by atoms with Crippen LogP contribution in [0.15, 0.2) is 98.1 Å². The lowest BCUT2D eigenvalue weighted by atomic mass is 9.85. The molecule has 39 heavy (non-hydrogen) atoms. The van der Waals surface area contributed by atoms with Crippen molar-refractivity contribution in [3.8, 4) is 6.07 Å². The molecule has 0 spiro atoms. The van der Waals surface area contributed by atoms with Gasteiger partial charge in [0, 0.05) is 17.1 Å². The van der Waals surface area contributed by atoms with E-state index >= 15 is 0 Å². The van der Waals surface area contributed by atoms with E-state index in [4.69, 9.17) is 9.56 Å². The summed E-state index contributed by atoms with van der Waals surface area (Å²) >= 11 is 1.15. The number of carbonyl (C=O) groups excluding carboxylic acids is 2. The van der Waals surface area contributed by atoms with Gasteiger partial charge >= 0.3 is 0 Å². The summed E-state index contributed by atoms with van der Waals surface area (Å²) in [6, 6.07) is 18.3. The van der Waals surface area contributed by atoms with E-state index < -0.39 is 21.8 Å². The Morgan fingerprint density at radius 2 is 1.82 bits per heavy atom. The highest BCUT2D eigenvalue weighted by molar-refractivity contribution is 8.03. The summed E-state index contributed by atoms with van der Waals surface area (Å²) in [5.41, 5.74) is 2.95. The first-order chi connectivity index (χ1) is 18.6. The second kappa shape index (κ2) is 11.6. The number of dihydropyridines is 1. The molecule has 0 radical (unpaired) electrons. The number of carbonyl (C=O) groups is 2. The molecule has 1 atom stereocenters. The van der Waals surface area contributed by atoms with Gasteiger partial charge in [0.2, 0.25) is 15.9 Å². The van der Waals surface area contributed by atoms with Gasteiger partial charge in [-0.05, 0) is 67.9 Å². The van der Waals surface area contributed by atoms with Crippen molar-refractivity contribution in [2.75, 3.05) is 16.4 Å². The maximum Gasteiger partial charge on any atom is 0.254 e. The fourth-order valence-corrected chi connectivity index (χ4v) is 5.46. The van der Waals surface area contributed by atoms with Crippen LogP contribution >= 0.6 is 11.8 Å². The average Bonchev–Trinajstić information content (AvgIpc) is 3.41. The van der Waals surface area contributed by atoms with E-state index in [1.807, 2.05) is 25.1 Å². The van der Waals surface area contributed by atoms with Crippen molar-refractivity contribution < 1.29 is 22.4 Å². The molecule has 2 heterocycles. The lowest BCUT2D eigenvalue weighted by Crippen LogP contribution is -2.31. The molecule has 4 rings (SSSR count). The Hall–Kier alpha value is -4.31. The number of hydrogen-bond acceptors (Lipinski definition) is 8. The Labute approximate surface area is 230 Å². The second-order valence-electron chi connectivity index (χ2n) is 8.70. The molecule has 0 bridgehead atoms. The predicted molar refractivity (Wildman–Crippen MR) is 149 cm³/mol. The maximum absolute atomic E-state index is 13.4. The number of sulfonamides is 1. The number of nitriles is 1. The van der Waals surface area contributed by atoms with Crippen LogP contribution in [0.5, 0.6) is 0 Å². The van der Waals surface area contributed by atoms with Gasteiger partial charge in [0.05, 0.1) is 45.1 Å². The Balaban J connectivity index is 1.57. The van der Waals surface area contributed by atoms with Crippen molar-refractivity contribution in [1.29, 1.82) is 5.26 Å². The quantitative estimate of drug-likeness (QED) is 0.320. The Kier molecular flexibility index (Phi) is 8.25. The van der Waals surface area contributed by atoms with Crippen molar-refractivity contribution in [3.05, 3.63) is 100 Å². The van der Waals surface area contributed by atoms with Crippen molar-refractivity contribution >= 4 is 45.0 Å². The number of amides is 2. The van der Waals surface area contributed by atoms with E-state index in [0.717, 1.165) is 17.3 Å². The van der Waals surface area contributed by atoms with Gasteiger partial charge in [-0.1, -0.05) is 23.9 Å². The van der Waals surface area contributed by atoms with E-state index in [-0.39, 0.29) is 27.7 Å². The van der Waals surface area contributed by atoms with Gasteiger partial charge in [0.25, 0.3) is 5.91 Å². The lowest BCUT2D eigenvalue weighted by Gasteiger charge is -2.28. The van der Waals surface area contributed by atoms with Crippen molar-refractivity contribution in [2.24, 2.45) is 5.14 Å². The van der Waals surface area contributed by atoms with Crippen LogP contribution in [0, 0.1) is 18.3 Å². The number of thioether (sulfide) groups is 1. The number of nitrogens with two attached hydrogens (primary N) is 1. The van der Waals surface area contributed by atoms with Crippen LogP contribution in [-0.4, -0.2) is 26.0 Å². The second-order valence-corrected chi connectivity index (χ2v) is 11.2. The monoisotopic (exact) mass is 563 g/mol. The molecule has 1 aliphatic rings. The number of benzene rings is 2. The van der Waals surface area contributed by atoms with Gasteiger partial charge in [-0.25, -0.2) is 13.6 Å². The first-order valence-corrected chi connectivity index (χ1v) is 14.2. The molecule has 200 valence electrons. The first kappa shape index (κ1) is 27.7. The Bertz CT molecular complexity index is 1620. The standard InChI is InChI=1S/C27H25N5O5S2/c1-16-5-3-6-19(13-16)31-23(33)15-38-27-21(14-28)25(22-7-4-12-37-22)24(17(2)30-27)26(34)32-18-8-10-20(11-9-18)39(29,35)36/h3-13,25,30H,15H2,1-2H3,(H,31,33)(H,32,34)(H2,29,35,36)/t25-/m1/s1. The van der Waals surface area contributed by atoms with Crippen LogP contribution < -0.4 is 21.1 Å². The number of hydrogen-bond donors (Lipinski definition) is 4. The minimum atomic E-state index is -3.88. The molecular formula is C27H25N5O5S2. The van der Waals surface area contributed by atoms with E-state index in [9.17, 15) is 23.3 Å². The number of primary sulfonamides is 1. The van der Waals surface area contributed by atoms with Crippen LogP contribution in [-0.2, 0) is 19.6 Å². The third-order valence-corrected chi connectivity index (χ3v) is 7.76. The summed E-state index contributed by atoms with van der Waals surface area (Å²) < 4.78 is 28.7. The van der Waals surface area contributed by atoms with Crippen LogP contribution in [0.4, 0.5) is 11.4 Å². The van der Waals surface area contributed by atoms with E-state index in [0.29, 0.717) is 27.9 Å². The van der Waals surface area contributed by atoms with Gasteiger partial charge in [0.1, 0.15) is 5.76 Å². The zero-order valence-corrected chi connectivity index (χ0v) is 22.7. The van der Waals surface area contributed by atoms with Gasteiger partial charge in [-0.2, -0.15) is 5.26 Å². The number of nitrogens with zero attached hydrogens (tertiary/aromatic N) is 1. The van der Waals surface area contributed by atoms with Gasteiger partial charge in [-0.3, -0.25) is 9.59 Å². The molecule has 0 fully saturated rings. The number of rotatable bonds is 8. The highest BCUT2D eigenvalue weighted by Crippen LogP contribution is 2.41. The fourth-order valence-electron chi connectivity index (χ4n) is 4.05. The number of nitrogens with one attached hydrogen (secondary N) is 3. The Morgan fingerprint density at radius 3 is 2.44 bits per heavy atom. The highest BCUT2D eigenvalue weighted by atomic mass is 32.2. The molecule has 0 saturated heterocycles. The number of anilines is 2. The molecule has 2 aromatic carbocycles. The van der Waals surface area contributed by atoms with E-state index in [1.165, 1.54) is 30.5 Å². The highest BCUT2D eigenvalue weighted by Gasteiger charge is 2.36. The molecule has 10 nitrogen and oxygen atoms in total. The first-order valence-electron chi connectivity index (χ1n) is 11.7. The van der Waals surface area contributed by atoms with Gasteiger partial charge < -0.3 is 20.4 Å². The van der Waals surface area contributed by atoms with E-state index in [1.54, 1.807) is 25.1 Å². The minimum Gasteiger partial charge on any atom is -0.468 e. The van der Waals surface area contributed by atoms with E-state index in [2.05, 4.69) is 22.0 Å². The van der Waals surface area contributed by atoms with Crippen molar-refractivity contribution in [2.45, 2.75) is 24.7 Å². The summed E-state index contributed by atoms with van der Waals surface area (Å²) in [5, 5.41) is 24.4. The Morgan fingerprint density at radius 1 is 1.08 bits per heavy atom. The molecule has 0 aliphatic carbocycles. The zero-order valence-electron chi connectivity index (χ0n) is 21.0. The number of aryl methyl sites for hydroxylation is 1. The fraction of sp³-hybridized carbons (Fsp3) is 0.148. The predicted octanol–water partition coefficient (Wildman–Crippen LogP) is 3.94. The summed E-state index contributed by atoms with van der Waals surface area (Å²) in [6.45, 7) is 3.62.